The van der Waals surface area contributed by atoms with Crippen LogP contribution in [0.2, 0.25) is 0 Å². The van der Waals surface area contributed by atoms with E-state index in [0.717, 1.165) is 5.56 Å². The van der Waals surface area contributed by atoms with E-state index in [2.05, 4.69) is 10.1 Å². The Bertz CT molecular complexity index is 1070. The summed E-state index contributed by atoms with van der Waals surface area (Å²) in [6, 6.07) is 11.6. The quantitative estimate of drug-likeness (QED) is 0.413. The van der Waals surface area contributed by atoms with E-state index in [4.69, 9.17) is 13.7 Å². The third kappa shape index (κ3) is 4.17. The zero-order valence-electron chi connectivity index (χ0n) is 14.6. The Morgan fingerprint density at radius 1 is 1.18 bits per heavy atom. The fraction of sp³-hybridized carbons (Fsp3) is 0.150. The summed E-state index contributed by atoms with van der Waals surface area (Å²) >= 11 is 1.53. The van der Waals surface area contributed by atoms with Crippen LogP contribution in [0.1, 0.15) is 18.1 Å². The highest BCUT2D eigenvalue weighted by molar-refractivity contribution is 7.08. The number of carbonyl (C=O) groups is 1. The zero-order valence-corrected chi connectivity index (χ0v) is 15.4. The number of halogens is 1. The third-order valence-corrected chi connectivity index (χ3v) is 4.66. The van der Waals surface area contributed by atoms with Crippen molar-refractivity contribution in [3.63, 3.8) is 0 Å². The summed E-state index contributed by atoms with van der Waals surface area (Å²) in [5.41, 5.74) is 1.24. The van der Waals surface area contributed by atoms with Gasteiger partial charge in [-0.1, -0.05) is 17.3 Å². The van der Waals surface area contributed by atoms with Crippen molar-refractivity contribution in [3.8, 4) is 22.7 Å². The highest BCUT2D eigenvalue weighted by atomic mass is 32.1. The standard InChI is InChI=1S/C20H15FN2O4S/c21-16-4-2-1-3-15(16)17-7-5-14(26-17)6-8-19(24)25-11-18-22-20(23-27-18)13-9-10-28-12-13/h1-5,7,9-10,12H,6,8,11H2. The molecule has 0 saturated carbocycles. The summed E-state index contributed by atoms with van der Waals surface area (Å²) in [7, 11) is 0. The van der Waals surface area contributed by atoms with Gasteiger partial charge in [0.25, 0.3) is 5.89 Å². The molecule has 4 aromatic rings. The van der Waals surface area contributed by atoms with E-state index in [1.807, 2.05) is 16.8 Å². The molecule has 0 aliphatic heterocycles. The first-order valence-corrected chi connectivity index (χ1v) is 9.48. The van der Waals surface area contributed by atoms with Gasteiger partial charge in [-0.15, -0.1) is 0 Å². The summed E-state index contributed by atoms with van der Waals surface area (Å²) in [6.45, 7) is -0.0887. The molecular formula is C20H15FN2O4S. The average molecular weight is 398 g/mol. The smallest absolute Gasteiger partial charge is 0.306 e. The van der Waals surface area contributed by atoms with Crippen LogP contribution in [-0.2, 0) is 22.6 Å². The fourth-order valence-electron chi connectivity index (χ4n) is 2.58. The van der Waals surface area contributed by atoms with Gasteiger partial charge in [-0.05, 0) is 35.7 Å². The van der Waals surface area contributed by atoms with Crippen LogP contribution in [0.15, 0.2) is 62.2 Å². The van der Waals surface area contributed by atoms with Crippen molar-refractivity contribution in [2.45, 2.75) is 19.4 Å². The van der Waals surface area contributed by atoms with E-state index in [1.165, 1.54) is 17.4 Å². The van der Waals surface area contributed by atoms with Gasteiger partial charge in [0, 0.05) is 17.4 Å². The summed E-state index contributed by atoms with van der Waals surface area (Å²) in [4.78, 5) is 16.1. The number of hydrogen-bond donors (Lipinski definition) is 0. The van der Waals surface area contributed by atoms with Gasteiger partial charge in [0.1, 0.15) is 17.3 Å². The second kappa shape index (κ2) is 8.18. The second-order valence-electron chi connectivity index (χ2n) is 5.93. The molecule has 0 saturated heterocycles. The molecule has 0 aliphatic rings. The van der Waals surface area contributed by atoms with E-state index in [1.54, 1.807) is 30.3 Å². The van der Waals surface area contributed by atoms with Crippen LogP contribution in [0.5, 0.6) is 0 Å². The van der Waals surface area contributed by atoms with E-state index >= 15 is 0 Å². The molecule has 4 rings (SSSR count). The number of thiophene rings is 1. The van der Waals surface area contributed by atoms with Gasteiger partial charge in [0.2, 0.25) is 5.82 Å². The molecule has 6 nitrogen and oxygen atoms in total. The minimum atomic E-state index is -0.417. The summed E-state index contributed by atoms with van der Waals surface area (Å²) in [6.07, 6.45) is 0.465. The lowest BCUT2D eigenvalue weighted by Gasteiger charge is -2.01. The molecule has 0 fully saturated rings. The Balaban J connectivity index is 1.28. The minimum absolute atomic E-state index is 0.0887. The molecular weight excluding hydrogens is 383 g/mol. The molecule has 0 amide bonds. The van der Waals surface area contributed by atoms with Crippen LogP contribution in [-0.4, -0.2) is 16.1 Å². The Morgan fingerprint density at radius 3 is 2.89 bits per heavy atom. The number of furan rings is 1. The number of benzene rings is 1. The largest absolute Gasteiger partial charge is 0.461 e. The Labute approximate surface area is 163 Å². The van der Waals surface area contributed by atoms with Crippen molar-refractivity contribution in [3.05, 3.63) is 70.7 Å². The van der Waals surface area contributed by atoms with Crippen LogP contribution >= 0.6 is 11.3 Å². The van der Waals surface area contributed by atoms with E-state index in [-0.39, 0.29) is 24.7 Å². The molecule has 1 aromatic carbocycles. The predicted octanol–water partition coefficient (Wildman–Crippen LogP) is 4.87. The maximum atomic E-state index is 13.8. The number of rotatable bonds is 7. The fourth-order valence-corrected chi connectivity index (χ4v) is 3.21. The monoisotopic (exact) mass is 398 g/mol. The molecule has 0 atom stereocenters. The van der Waals surface area contributed by atoms with Gasteiger partial charge in [-0.2, -0.15) is 16.3 Å². The van der Waals surface area contributed by atoms with Crippen molar-refractivity contribution in [1.82, 2.24) is 10.1 Å². The highest BCUT2D eigenvalue weighted by Crippen LogP contribution is 2.25. The topological polar surface area (TPSA) is 78.4 Å². The number of esters is 1. The molecule has 142 valence electrons. The number of ether oxygens (including phenoxy) is 1. The van der Waals surface area contributed by atoms with Crippen molar-refractivity contribution < 1.29 is 22.9 Å². The predicted molar refractivity (Wildman–Crippen MR) is 99.8 cm³/mol. The van der Waals surface area contributed by atoms with Crippen LogP contribution in [0, 0.1) is 5.82 Å². The lowest BCUT2D eigenvalue weighted by atomic mass is 10.1. The molecule has 0 N–H and O–H groups in total. The molecule has 0 spiro atoms. The van der Waals surface area contributed by atoms with Gasteiger partial charge < -0.3 is 13.7 Å². The Hall–Kier alpha value is -3.26. The van der Waals surface area contributed by atoms with Gasteiger partial charge >= 0.3 is 5.97 Å². The Morgan fingerprint density at radius 2 is 2.07 bits per heavy atom. The zero-order chi connectivity index (χ0) is 19.3. The van der Waals surface area contributed by atoms with Gasteiger partial charge in [0.05, 0.1) is 12.0 Å². The number of aryl methyl sites for hydroxylation is 1. The van der Waals surface area contributed by atoms with Crippen LogP contribution in [0.25, 0.3) is 22.7 Å². The van der Waals surface area contributed by atoms with Gasteiger partial charge in [0.15, 0.2) is 6.61 Å². The average Bonchev–Trinajstić information content (AvgIpc) is 3.46. The number of aromatic nitrogens is 2. The third-order valence-electron chi connectivity index (χ3n) is 3.98. The van der Waals surface area contributed by atoms with Crippen molar-refractivity contribution >= 4 is 17.3 Å². The molecule has 0 bridgehead atoms. The maximum absolute atomic E-state index is 13.8. The molecule has 28 heavy (non-hydrogen) atoms. The molecule has 0 radical (unpaired) electrons. The molecule has 0 aliphatic carbocycles. The minimum Gasteiger partial charge on any atom is -0.461 e. The lowest BCUT2D eigenvalue weighted by molar-refractivity contribution is -0.145. The first-order chi connectivity index (χ1) is 13.7. The van der Waals surface area contributed by atoms with Crippen LogP contribution in [0.4, 0.5) is 4.39 Å². The van der Waals surface area contributed by atoms with Crippen molar-refractivity contribution in [2.75, 3.05) is 0 Å². The van der Waals surface area contributed by atoms with Gasteiger partial charge in [-0.3, -0.25) is 4.79 Å². The second-order valence-corrected chi connectivity index (χ2v) is 6.71. The Kier molecular flexibility index (Phi) is 5.29. The first kappa shape index (κ1) is 18.1. The maximum Gasteiger partial charge on any atom is 0.306 e. The first-order valence-electron chi connectivity index (χ1n) is 8.53. The number of carbonyl (C=O) groups excluding carboxylic acids is 1. The number of nitrogens with zero attached hydrogens (tertiary/aromatic N) is 2. The van der Waals surface area contributed by atoms with Crippen LogP contribution < -0.4 is 0 Å². The van der Waals surface area contributed by atoms with E-state index in [0.29, 0.717) is 29.3 Å². The highest BCUT2D eigenvalue weighted by Gasteiger charge is 2.13. The van der Waals surface area contributed by atoms with E-state index < -0.39 is 5.97 Å². The molecule has 0 unspecified atom stereocenters. The summed E-state index contributed by atoms with van der Waals surface area (Å²) in [5.74, 6) is 0.919. The van der Waals surface area contributed by atoms with E-state index in [9.17, 15) is 9.18 Å². The van der Waals surface area contributed by atoms with Gasteiger partial charge in [-0.25, -0.2) is 4.39 Å². The molecule has 3 heterocycles. The SMILES string of the molecule is O=C(CCc1ccc(-c2ccccc2F)o1)OCc1nc(-c2ccsc2)no1. The molecule has 3 aromatic heterocycles. The van der Waals surface area contributed by atoms with Crippen molar-refractivity contribution in [2.24, 2.45) is 0 Å². The normalized spacial score (nSPS) is 10.9. The summed E-state index contributed by atoms with van der Waals surface area (Å²) in [5, 5.41) is 7.67. The number of hydrogen-bond acceptors (Lipinski definition) is 7. The lowest BCUT2D eigenvalue weighted by Crippen LogP contribution is -2.05. The van der Waals surface area contributed by atoms with Crippen molar-refractivity contribution in [1.29, 1.82) is 0 Å². The summed E-state index contributed by atoms with van der Waals surface area (Å²) < 4.78 is 29.7. The van der Waals surface area contributed by atoms with Crippen LogP contribution in [0.3, 0.4) is 0 Å². The molecule has 8 heteroatoms.